The summed E-state index contributed by atoms with van der Waals surface area (Å²) in [7, 11) is 5.09. The van der Waals surface area contributed by atoms with E-state index < -0.39 is 5.82 Å². The van der Waals surface area contributed by atoms with Gasteiger partial charge in [-0.1, -0.05) is 11.6 Å². The number of rotatable bonds is 4. The number of carbonyl (C=O) groups excluding carboxylic acids is 1. The fourth-order valence-electron chi connectivity index (χ4n) is 2.50. The van der Waals surface area contributed by atoms with Gasteiger partial charge in [0.1, 0.15) is 5.82 Å². The summed E-state index contributed by atoms with van der Waals surface area (Å²) < 4.78 is 13.3. The SMILES string of the molecule is CN=C(NCC(=O)N(C)C)NC1CCN(c2ccc(F)c(Cl)c2)C1.I. The first-order valence-electron chi connectivity index (χ1n) is 7.78. The van der Waals surface area contributed by atoms with Crippen molar-refractivity contribution < 1.29 is 9.18 Å². The van der Waals surface area contributed by atoms with Crippen LogP contribution in [0.4, 0.5) is 10.1 Å². The summed E-state index contributed by atoms with van der Waals surface area (Å²) in [5.41, 5.74) is 0.899. The number of hydrogen-bond donors (Lipinski definition) is 2. The normalized spacial score (nSPS) is 17.1. The fraction of sp³-hybridized carbons (Fsp3) is 0.500. The lowest BCUT2D eigenvalue weighted by molar-refractivity contribution is -0.127. The van der Waals surface area contributed by atoms with E-state index in [1.165, 1.54) is 11.0 Å². The van der Waals surface area contributed by atoms with E-state index in [4.69, 9.17) is 11.6 Å². The van der Waals surface area contributed by atoms with E-state index in [1.807, 2.05) is 0 Å². The van der Waals surface area contributed by atoms with Crippen LogP contribution in [-0.4, -0.2) is 63.6 Å². The fourth-order valence-corrected chi connectivity index (χ4v) is 2.67. The summed E-state index contributed by atoms with van der Waals surface area (Å²) in [4.78, 5) is 19.4. The van der Waals surface area contributed by atoms with Gasteiger partial charge in [0.05, 0.1) is 11.6 Å². The number of guanidine groups is 1. The molecule has 0 spiro atoms. The third-order valence-electron chi connectivity index (χ3n) is 3.93. The number of anilines is 1. The van der Waals surface area contributed by atoms with Gasteiger partial charge < -0.3 is 20.4 Å². The molecule has 140 valence electrons. The third-order valence-corrected chi connectivity index (χ3v) is 4.22. The smallest absolute Gasteiger partial charge is 0.241 e. The van der Waals surface area contributed by atoms with Gasteiger partial charge in [-0.15, -0.1) is 24.0 Å². The van der Waals surface area contributed by atoms with Crippen LogP contribution in [0.25, 0.3) is 0 Å². The molecule has 0 bridgehead atoms. The Balaban J connectivity index is 0.00000312. The molecule has 1 fully saturated rings. The number of carbonyl (C=O) groups is 1. The van der Waals surface area contributed by atoms with Gasteiger partial charge in [0.25, 0.3) is 0 Å². The largest absolute Gasteiger partial charge is 0.369 e. The Bertz CT molecular complexity index is 629. The topological polar surface area (TPSA) is 60.0 Å². The number of nitrogens with zero attached hydrogens (tertiary/aromatic N) is 3. The van der Waals surface area contributed by atoms with E-state index in [1.54, 1.807) is 33.3 Å². The molecular weight excluding hydrogens is 460 g/mol. The number of aliphatic imine (C=N–C) groups is 1. The minimum Gasteiger partial charge on any atom is -0.369 e. The number of halogens is 3. The average molecular weight is 484 g/mol. The molecular formula is C16H24ClFIN5O. The van der Waals surface area contributed by atoms with Gasteiger partial charge in [-0.25, -0.2) is 4.39 Å². The van der Waals surface area contributed by atoms with E-state index in [9.17, 15) is 9.18 Å². The lowest BCUT2D eigenvalue weighted by Gasteiger charge is -2.21. The Hall–Kier alpha value is -1.29. The molecule has 1 unspecified atom stereocenters. The van der Waals surface area contributed by atoms with Crippen molar-refractivity contribution in [2.45, 2.75) is 12.5 Å². The molecule has 1 aromatic rings. The quantitative estimate of drug-likeness (QED) is 0.390. The highest BCUT2D eigenvalue weighted by Gasteiger charge is 2.24. The van der Waals surface area contributed by atoms with Gasteiger partial charge in [0, 0.05) is 46.0 Å². The van der Waals surface area contributed by atoms with Gasteiger partial charge in [-0.3, -0.25) is 9.79 Å². The van der Waals surface area contributed by atoms with Crippen molar-refractivity contribution in [3.05, 3.63) is 29.0 Å². The summed E-state index contributed by atoms with van der Waals surface area (Å²) in [5.74, 6) is 0.158. The molecule has 1 saturated heterocycles. The summed E-state index contributed by atoms with van der Waals surface area (Å²) >= 11 is 5.85. The molecule has 6 nitrogen and oxygen atoms in total. The summed E-state index contributed by atoms with van der Waals surface area (Å²) in [6, 6.07) is 4.94. The van der Waals surface area contributed by atoms with Crippen LogP contribution in [0.3, 0.4) is 0 Å². The Morgan fingerprint density at radius 3 is 2.80 bits per heavy atom. The monoisotopic (exact) mass is 483 g/mol. The molecule has 2 rings (SSSR count). The van der Waals surface area contributed by atoms with Gasteiger partial charge in [0.2, 0.25) is 5.91 Å². The highest BCUT2D eigenvalue weighted by molar-refractivity contribution is 14.0. The van der Waals surface area contributed by atoms with Crippen molar-refractivity contribution >= 4 is 53.1 Å². The van der Waals surface area contributed by atoms with Gasteiger partial charge in [-0.05, 0) is 24.6 Å². The molecule has 1 amide bonds. The maximum Gasteiger partial charge on any atom is 0.241 e. The lowest BCUT2D eigenvalue weighted by atomic mass is 10.2. The van der Waals surface area contributed by atoms with Crippen molar-refractivity contribution in [1.82, 2.24) is 15.5 Å². The molecule has 1 aliphatic rings. The standard InChI is InChI=1S/C16H23ClFN5O.HI/c1-19-16(20-9-15(24)22(2)3)21-11-6-7-23(10-11)12-4-5-14(18)13(17)8-12;/h4-5,8,11H,6-7,9-10H2,1-3H3,(H2,19,20,21);1H. The van der Waals surface area contributed by atoms with Crippen LogP contribution in [-0.2, 0) is 4.79 Å². The Kier molecular flexibility index (Phi) is 8.70. The molecule has 1 aromatic carbocycles. The maximum absolute atomic E-state index is 13.3. The van der Waals surface area contributed by atoms with E-state index in [0.29, 0.717) is 5.96 Å². The van der Waals surface area contributed by atoms with Gasteiger partial charge >= 0.3 is 0 Å². The van der Waals surface area contributed by atoms with Crippen LogP contribution in [0.5, 0.6) is 0 Å². The number of benzene rings is 1. The average Bonchev–Trinajstić information content (AvgIpc) is 3.02. The number of likely N-dealkylation sites (N-methyl/N-ethyl adjacent to an activating group) is 1. The number of hydrogen-bond acceptors (Lipinski definition) is 3. The Morgan fingerprint density at radius 2 is 2.20 bits per heavy atom. The van der Waals surface area contributed by atoms with Crippen molar-refractivity contribution in [3.8, 4) is 0 Å². The van der Waals surface area contributed by atoms with Gasteiger partial charge in [0.15, 0.2) is 5.96 Å². The summed E-state index contributed by atoms with van der Waals surface area (Å²) in [6.07, 6.45) is 0.914. The van der Waals surface area contributed by atoms with Crippen LogP contribution in [0.15, 0.2) is 23.2 Å². The molecule has 1 atom stereocenters. The third kappa shape index (κ3) is 6.18. The van der Waals surface area contributed by atoms with Crippen molar-refractivity contribution in [2.75, 3.05) is 45.7 Å². The second-order valence-corrected chi connectivity index (χ2v) is 6.30. The zero-order chi connectivity index (χ0) is 17.7. The van der Waals surface area contributed by atoms with Crippen molar-refractivity contribution in [1.29, 1.82) is 0 Å². The first-order valence-corrected chi connectivity index (χ1v) is 8.16. The molecule has 0 saturated carbocycles. The predicted molar refractivity (Wildman–Crippen MR) is 111 cm³/mol. The molecule has 9 heteroatoms. The molecule has 25 heavy (non-hydrogen) atoms. The second-order valence-electron chi connectivity index (χ2n) is 5.89. The molecule has 0 radical (unpaired) electrons. The van der Waals surface area contributed by atoms with Crippen molar-refractivity contribution in [2.24, 2.45) is 4.99 Å². The van der Waals surface area contributed by atoms with Crippen LogP contribution < -0.4 is 15.5 Å². The van der Waals surface area contributed by atoms with Crippen LogP contribution in [0, 0.1) is 5.82 Å². The van der Waals surface area contributed by atoms with E-state index >= 15 is 0 Å². The van der Waals surface area contributed by atoms with Crippen LogP contribution >= 0.6 is 35.6 Å². The first kappa shape index (κ1) is 21.8. The first-order chi connectivity index (χ1) is 11.4. The highest BCUT2D eigenvalue weighted by Crippen LogP contribution is 2.25. The Labute approximate surface area is 169 Å². The lowest BCUT2D eigenvalue weighted by Crippen LogP contribution is -2.47. The Morgan fingerprint density at radius 1 is 1.48 bits per heavy atom. The maximum atomic E-state index is 13.3. The highest BCUT2D eigenvalue weighted by atomic mass is 127. The number of nitrogens with one attached hydrogen (secondary N) is 2. The van der Waals surface area contributed by atoms with Gasteiger partial charge in [-0.2, -0.15) is 0 Å². The summed E-state index contributed by atoms with van der Waals surface area (Å²) in [6.45, 7) is 1.79. The molecule has 1 heterocycles. The minimum atomic E-state index is -0.413. The van der Waals surface area contributed by atoms with Crippen molar-refractivity contribution in [3.63, 3.8) is 0 Å². The zero-order valence-electron chi connectivity index (χ0n) is 14.6. The predicted octanol–water partition coefficient (Wildman–Crippen LogP) is 1.93. The molecule has 0 aliphatic carbocycles. The summed E-state index contributed by atoms with van der Waals surface area (Å²) in [5, 5.41) is 6.44. The van der Waals surface area contributed by atoms with E-state index in [-0.39, 0.29) is 47.5 Å². The molecule has 0 aromatic heterocycles. The minimum absolute atomic E-state index is 0. The molecule has 1 aliphatic heterocycles. The zero-order valence-corrected chi connectivity index (χ0v) is 17.6. The second kappa shape index (κ2) is 10.0. The number of amides is 1. The molecule has 2 N–H and O–H groups in total. The van der Waals surface area contributed by atoms with E-state index in [0.717, 1.165) is 25.2 Å². The van der Waals surface area contributed by atoms with Crippen LogP contribution in [0.1, 0.15) is 6.42 Å². The van der Waals surface area contributed by atoms with Crippen LogP contribution in [0.2, 0.25) is 5.02 Å². The van der Waals surface area contributed by atoms with E-state index in [2.05, 4.69) is 20.5 Å².